The lowest BCUT2D eigenvalue weighted by molar-refractivity contribution is 0.731. The average Bonchev–Trinajstić information content (AvgIpc) is 1.71. The second-order valence-corrected chi connectivity index (χ2v) is 23.7. The third-order valence-corrected chi connectivity index (χ3v) is 13.1. The van der Waals surface area contributed by atoms with E-state index in [-0.39, 0.29) is 0 Å². The highest BCUT2D eigenvalue weighted by atomic mass is 15.3. The van der Waals surface area contributed by atoms with Crippen molar-refractivity contribution in [2.45, 2.75) is 145 Å². The highest BCUT2D eigenvalue weighted by Gasteiger charge is 1.95. The molecule has 1 aromatic carbocycles. The molecule has 13 rings (SSSR count). The summed E-state index contributed by atoms with van der Waals surface area (Å²) in [4.78, 5) is 40.3. The maximum atomic E-state index is 4.18. The Bertz CT molecular complexity index is 3720. The summed E-state index contributed by atoms with van der Waals surface area (Å²) in [7, 11) is 7.68. The summed E-state index contributed by atoms with van der Waals surface area (Å²) in [5.41, 5.74) is 22.3. The minimum atomic E-state index is 0.829. The fourth-order valence-electron chi connectivity index (χ4n) is 7.80. The van der Waals surface area contributed by atoms with Crippen LogP contribution in [0.2, 0.25) is 0 Å². The number of benzene rings is 1. The third-order valence-electron chi connectivity index (χ3n) is 13.1. The van der Waals surface area contributed by atoms with E-state index in [1.165, 1.54) is 72.1 Å². The van der Waals surface area contributed by atoms with Crippen molar-refractivity contribution in [1.29, 1.82) is 0 Å². The van der Waals surface area contributed by atoms with Gasteiger partial charge in [-0.05, 0) is 254 Å². The van der Waals surface area contributed by atoms with Crippen LogP contribution in [0.3, 0.4) is 0 Å². The zero-order valence-electron chi connectivity index (χ0n) is 62.4. The Morgan fingerprint density at radius 3 is 1.04 bits per heavy atom. The SMILES string of the molecule is Cc1cc(C)n(C)n1.Cc1ccc(C)nc1.Cc1ccc(C)nc1.Cc1ccn(C)n1.Cc1ccnc(C)c1.Cc1cnc(C)c(C)c1.Cc1cnc(C)nc1.Cc1cnc(C)nc1.Cc1cncc(C)c1.Cc1cncc2ccccc12.Cc1cnn(C)c1.Cc1cnn(C)c1. The van der Waals surface area contributed by atoms with Gasteiger partial charge in [0.1, 0.15) is 11.6 Å². The molecule has 0 amide bonds. The minimum absolute atomic E-state index is 0.829. The van der Waals surface area contributed by atoms with Crippen molar-refractivity contribution in [2.75, 3.05) is 0 Å². The predicted molar refractivity (Wildman–Crippen MR) is 399 cm³/mol. The van der Waals surface area contributed by atoms with E-state index >= 15 is 0 Å². The van der Waals surface area contributed by atoms with Crippen molar-refractivity contribution in [1.82, 2.24) is 89.0 Å². The Hall–Kier alpha value is -10.6. The normalized spacial score (nSPS) is 9.49. The van der Waals surface area contributed by atoms with Gasteiger partial charge in [-0.3, -0.25) is 48.6 Å². The zero-order valence-corrected chi connectivity index (χ0v) is 62.4. The van der Waals surface area contributed by atoms with E-state index in [0.29, 0.717) is 0 Å². The largest absolute Gasteiger partial charge is 0.276 e. The van der Waals surface area contributed by atoms with Crippen LogP contribution in [-0.2, 0) is 28.2 Å². The van der Waals surface area contributed by atoms with Crippen molar-refractivity contribution in [3.63, 3.8) is 0 Å². The van der Waals surface area contributed by atoms with E-state index in [1.807, 2.05) is 286 Å². The first-order chi connectivity index (χ1) is 45.9. The summed E-state index contributed by atoms with van der Waals surface area (Å²) < 4.78 is 7.23. The Morgan fingerprint density at radius 1 is 0.289 bits per heavy atom. The third kappa shape index (κ3) is 39.6. The summed E-state index contributed by atoms with van der Waals surface area (Å²) >= 11 is 0. The molecule has 0 aliphatic carbocycles. The fourth-order valence-corrected chi connectivity index (χ4v) is 7.80. The minimum Gasteiger partial charge on any atom is -0.276 e. The number of aryl methyl sites for hydroxylation is 25. The lowest BCUT2D eigenvalue weighted by Crippen LogP contribution is -1.91. The van der Waals surface area contributed by atoms with E-state index in [4.69, 9.17) is 0 Å². The van der Waals surface area contributed by atoms with Crippen molar-refractivity contribution in [3.05, 3.63) is 309 Å². The number of aromatic nitrogens is 18. The lowest BCUT2D eigenvalue weighted by Gasteiger charge is -1.98. The van der Waals surface area contributed by atoms with Gasteiger partial charge in [-0.2, -0.15) is 20.4 Å². The van der Waals surface area contributed by atoms with Gasteiger partial charge < -0.3 is 0 Å². The number of fused-ring (bicyclic) bond motifs is 1. The summed E-state index contributed by atoms with van der Waals surface area (Å²) in [6.45, 7) is 42.2. The Labute approximate surface area is 579 Å². The van der Waals surface area contributed by atoms with Crippen LogP contribution in [0.15, 0.2) is 190 Å². The molecule has 0 aliphatic heterocycles. The molecule has 97 heavy (non-hydrogen) atoms. The molecule has 0 saturated carbocycles. The number of hydrogen-bond acceptors (Lipinski definition) is 14. The standard InChI is InChI=1S/C10H9N.C8H11N.4C7H9N.C6H10N2.2C6H8N2.3C5H8N2/c1-8-6-11-7-9-4-2-3-5-10(8)9;1-6-4-7(2)8(3)9-5-6;1-6-3-7(2)5-8-4-6;1-6-3-4-8-7(2)5-6;2*1-6-3-4-7(2)8-5-6;1-5-4-6(2)8(3)7-5;2*1-5-3-7-6(2)8-4-5;2*1-5-3-6-7(2)4-5;1-5-3-4-7(2)6-5/h2-7H,1H3;4-5H,1-3H3;4*3-5H,1-2H3;4H,1-3H3;2*3-4H,1-2H3;3*3-4H,1-2H3. The molecule has 512 valence electrons. The number of hydrogen-bond donors (Lipinski definition) is 0. The van der Waals surface area contributed by atoms with Gasteiger partial charge in [-0.15, -0.1) is 0 Å². The average molecular weight is 1310 g/mol. The quantitative estimate of drug-likeness (QED) is 0.139. The van der Waals surface area contributed by atoms with Crippen LogP contribution in [0.5, 0.6) is 0 Å². The first kappa shape index (κ1) is 82.5. The fraction of sp³-hybridized carbons (Fsp3) is 0.316. The summed E-state index contributed by atoms with van der Waals surface area (Å²) in [5, 5.41) is 18.5. The van der Waals surface area contributed by atoms with E-state index in [1.54, 1.807) is 14.0 Å². The second-order valence-electron chi connectivity index (χ2n) is 23.7. The molecule has 13 aromatic rings. The maximum absolute atomic E-state index is 4.18. The Morgan fingerprint density at radius 2 is 0.763 bits per heavy atom. The number of nitrogens with zero attached hydrogens (tertiary/aromatic N) is 18. The van der Waals surface area contributed by atoms with Gasteiger partial charge >= 0.3 is 0 Å². The highest BCUT2D eigenvalue weighted by Crippen LogP contribution is 2.15. The van der Waals surface area contributed by atoms with Crippen molar-refractivity contribution >= 4 is 10.8 Å². The van der Waals surface area contributed by atoms with Gasteiger partial charge in [-0.25, -0.2) is 19.9 Å². The summed E-state index contributed by atoms with van der Waals surface area (Å²) in [6.07, 6.45) is 31.7. The van der Waals surface area contributed by atoms with Crippen molar-refractivity contribution < 1.29 is 0 Å². The van der Waals surface area contributed by atoms with E-state index in [2.05, 4.69) is 153 Å². The molecular formula is C79H106N18. The van der Waals surface area contributed by atoms with Crippen LogP contribution in [0.25, 0.3) is 10.8 Å². The van der Waals surface area contributed by atoms with Gasteiger partial charge in [0.15, 0.2) is 0 Å². The predicted octanol–water partition coefficient (Wildman–Crippen LogP) is 16.8. The van der Waals surface area contributed by atoms with Crippen LogP contribution in [0.1, 0.15) is 118 Å². The summed E-state index contributed by atoms with van der Waals surface area (Å²) in [6, 6.07) is 28.7. The van der Waals surface area contributed by atoms with Gasteiger partial charge in [-0.1, -0.05) is 48.5 Å². The number of rotatable bonds is 0. The molecule has 0 fully saturated rings. The zero-order chi connectivity index (χ0) is 72.4. The first-order valence-electron chi connectivity index (χ1n) is 32.0. The van der Waals surface area contributed by atoms with E-state index in [0.717, 1.165) is 56.9 Å². The smallest absolute Gasteiger partial charge is 0.125 e. The molecule has 0 bridgehead atoms. The topological polar surface area (TPSA) is 200 Å². The molecule has 0 unspecified atom stereocenters. The Kier molecular flexibility index (Phi) is 38.8. The number of pyridine rings is 6. The van der Waals surface area contributed by atoms with Crippen LogP contribution in [-0.4, -0.2) is 89.0 Å². The molecule has 0 N–H and O–H groups in total. The molecule has 0 atom stereocenters. The highest BCUT2D eigenvalue weighted by molar-refractivity contribution is 5.84. The molecule has 0 saturated heterocycles. The van der Waals surface area contributed by atoms with Gasteiger partial charge in [0.25, 0.3) is 0 Å². The summed E-state index contributed by atoms with van der Waals surface area (Å²) in [5.74, 6) is 1.66. The first-order valence-corrected chi connectivity index (χ1v) is 32.0. The van der Waals surface area contributed by atoms with Crippen LogP contribution < -0.4 is 0 Å². The van der Waals surface area contributed by atoms with E-state index in [9.17, 15) is 0 Å². The molecule has 0 radical (unpaired) electrons. The molecule has 0 aliphatic rings. The molecular weight excluding hydrogens is 1200 g/mol. The van der Waals surface area contributed by atoms with E-state index < -0.39 is 0 Å². The lowest BCUT2D eigenvalue weighted by atomic mass is 10.1. The van der Waals surface area contributed by atoms with Crippen LogP contribution in [0, 0.1) is 145 Å². The Balaban J connectivity index is 0.000000361. The van der Waals surface area contributed by atoms with Crippen molar-refractivity contribution in [3.8, 4) is 0 Å². The van der Waals surface area contributed by atoms with Crippen LogP contribution >= 0.6 is 0 Å². The maximum Gasteiger partial charge on any atom is 0.125 e. The van der Waals surface area contributed by atoms with Gasteiger partial charge in [0.2, 0.25) is 0 Å². The molecule has 12 aromatic heterocycles. The van der Waals surface area contributed by atoms with Gasteiger partial charge in [0.05, 0.1) is 23.8 Å². The molecule has 18 nitrogen and oxygen atoms in total. The molecule has 12 heterocycles. The molecule has 0 spiro atoms. The monoisotopic (exact) mass is 1310 g/mol. The molecule has 18 heteroatoms. The van der Waals surface area contributed by atoms with Crippen LogP contribution in [0.4, 0.5) is 0 Å². The second kappa shape index (κ2) is 45.7. The van der Waals surface area contributed by atoms with Gasteiger partial charge in [0, 0.05) is 155 Å². The van der Waals surface area contributed by atoms with Crippen molar-refractivity contribution in [2.24, 2.45) is 28.2 Å².